The fourth-order valence-corrected chi connectivity index (χ4v) is 2.81. The smallest absolute Gasteiger partial charge is 0.274 e. The van der Waals surface area contributed by atoms with E-state index in [0.717, 1.165) is 25.6 Å². The van der Waals surface area contributed by atoms with Crippen LogP contribution >= 0.6 is 0 Å². The maximum Gasteiger partial charge on any atom is 0.274 e. The number of aromatic nitrogens is 2. The van der Waals surface area contributed by atoms with E-state index in [1.807, 2.05) is 0 Å². The fraction of sp³-hybridized carbons (Fsp3) is 0.615. The van der Waals surface area contributed by atoms with Gasteiger partial charge in [0.05, 0.1) is 12.4 Å². The average molecular weight is 324 g/mol. The molecule has 3 rings (SSSR count). The van der Waals surface area contributed by atoms with Gasteiger partial charge >= 0.3 is 0 Å². The molecule has 1 amide bonds. The van der Waals surface area contributed by atoms with Gasteiger partial charge in [0.25, 0.3) is 5.91 Å². The molecule has 1 aliphatic carbocycles. The number of rotatable bonds is 5. The van der Waals surface area contributed by atoms with E-state index < -0.39 is 11.3 Å². The first-order valence-electron chi connectivity index (χ1n) is 7.31. The topological polar surface area (TPSA) is 101 Å². The summed E-state index contributed by atoms with van der Waals surface area (Å²) in [5.41, 5.74) is 0.234. The molecule has 1 aromatic rings. The lowest BCUT2D eigenvalue weighted by molar-refractivity contribution is 0.0626. The van der Waals surface area contributed by atoms with E-state index in [0.29, 0.717) is 13.1 Å². The van der Waals surface area contributed by atoms with Gasteiger partial charge in [-0.2, -0.15) is 0 Å². The molecule has 9 heteroatoms. The van der Waals surface area contributed by atoms with Crippen molar-refractivity contribution in [3.63, 3.8) is 0 Å². The first kappa shape index (κ1) is 15.3. The van der Waals surface area contributed by atoms with Crippen molar-refractivity contribution in [3.8, 4) is 0 Å². The molecule has 1 saturated heterocycles. The van der Waals surface area contributed by atoms with Crippen LogP contribution in [0.1, 0.15) is 23.3 Å². The summed E-state index contributed by atoms with van der Waals surface area (Å²) in [5, 5.41) is 0. The Morgan fingerprint density at radius 2 is 2.00 bits per heavy atom. The van der Waals surface area contributed by atoms with Crippen molar-refractivity contribution in [2.45, 2.75) is 12.8 Å². The number of amides is 1. The number of carbonyl (C=O) groups excluding carboxylic acids is 1. The molecule has 1 unspecified atom stereocenters. The van der Waals surface area contributed by atoms with Crippen molar-refractivity contribution >= 4 is 23.0 Å². The highest BCUT2D eigenvalue weighted by Gasteiger charge is 2.28. The van der Waals surface area contributed by atoms with Crippen molar-refractivity contribution in [3.05, 3.63) is 18.1 Å². The van der Waals surface area contributed by atoms with Gasteiger partial charge in [0, 0.05) is 44.0 Å². The predicted molar refractivity (Wildman–Crippen MR) is 79.6 cm³/mol. The minimum Gasteiger partial charge on any atom is -0.755 e. The number of piperazine rings is 1. The molecule has 22 heavy (non-hydrogen) atoms. The Hall–Kier alpha value is -1.58. The van der Waals surface area contributed by atoms with Crippen LogP contribution in [0.5, 0.6) is 0 Å². The molecular weight excluding hydrogens is 306 g/mol. The molecule has 0 bridgehead atoms. The van der Waals surface area contributed by atoms with E-state index >= 15 is 0 Å². The monoisotopic (exact) mass is 324 g/mol. The summed E-state index contributed by atoms with van der Waals surface area (Å²) in [6.07, 6.45) is 5.22. The SMILES string of the molecule is O=C(c1cnc(NS(=O)[O-])cn1)N1CCN(CC2CC2)CC1. The zero-order chi connectivity index (χ0) is 15.5. The molecule has 1 aliphatic heterocycles. The van der Waals surface area contributed by atoms with Crippen LogP contribution in [-0.4, -0.2) is 67.2 Å². The van der Waals surface area contributed by atoms with Crippen molar-refractivity contribution in [1.29, 1.82) is 0 Å². The summed E-state index contributed by atoms with van der Waals surface area (Å²) in [4.78, 5) is 24.4. The van der Waals surface area contributed by atoms with Crippen molar-refractivity contribution in [2.75, 3.05) is 37.4 Å². The van der Waals surface area contributed by atoms with Crippen LogP contribution in [0, 0.1) is 5.92 Å². The molecule has 120 valence electrons. The first-order chi connectivity index (χ1) is 10.6. The predicted octanol–water partition coefficient (Wildman–Crippen LogP) is -0.150. The second-order valence-corrected chi connectivity index (χ2v) is 6.33. The summed E-state index contributed by atoms with van der Waals surface area (Å²) in [5.74, 6) is 0.798. The van der Waals surface area contributed by atoms with Gasteiger partial charge in [-0.1, -0.05) is 0 Å². The van der Waals surface area contributed by atoms with Gasteiger partial charge in [-0.05, 0) is 18.8 Å². The first-order valence-corrected chi connectivity index (χ1v) is 8.39. The second kappa shape index (κ2) is 6.67. The molecule has 2 fully saturated rings. The number of hydrogen-bond donors (Lipinski definition) is 1. The summed E-state index contributed by atoms with van der Waals surface area (Å²) in [6.45, 7) is 4.32. The maximum atomic E-state index is 12.3. The number of carbonyl (C=O) groups is 1. The highest BCUT2D eigenvalue weighted by atomic mass is 32.2. The molecule has 1 N–H and O–H groups in total. The van der Waals surface area contributed by atoms with E-state index in [1.165, 1.54) is 25.2 Å². The van der Waals surface area contributed by atoms with Gasteiger partial charge in [0.2, 0.25) is 0 Å². The molecule has 0 radical (unpaired) electrons. The zero-order valence-corrected chi connectivity index (χ0v) is 12.9. The summed E-state index contributed by atoms with van der Waals surface area (Å²) in [7, 11) is 0. The van der Waals surface area contributed by atoms with Crippen molar-refractivity contribution in [1.82, 2.24) is 19.8 Å². The molecule has 2 heterocycles. The molecule has 1 atom stereocenters. The normalized spacial score (nSPS) is 20.7. The molecule has 0 aromatic carbocycles. The van der Waals surface area contributed by atoms with Crippen LogP contribution in [0.3, 0.4) is 0 Å². The van der Waals surface area contributed by atoms with E-state index in [-0.39, 0.29) is 17.4 Å². The highest BCUT2D eigenvalue weighted by Crippen LogP contribution is 2.29. The maximum absolute atomic E-state index is 12.3. The quantitative estimate of drug-likeness (QED) is 0.756. The van der Waals surface area contributed by atoms with E-state index in [2.05, 4.69) is 19.6 Å². The Balaban J connectivity index is 1.53. The Bertz CT molecular complexity index is 555. The van der Waals surface area contributed by atoms with Crippen LogP contribution in [0.15, 0.2) is 12.4 Å². The summed E-state index contributed by atoms with van der Waals surface area (Å²) < 4.78 is 23.1. The van der Waals surface area contributed by atoms with Crippen molar-refractivity contribution < 1.29 is 13.6 Å². The number of anilines is 1. The third kappa shape index (κ3) is 3.99. The second-order valence-electron chi connectivity index (χ2n) is 5.66. The summed E-state index contributed by atoms with van der Waals surface area (Å²) >= 11 is -2.45. The third-order valence-electron chi connectivity index (χ3n) is 3.93. The minimum absolute atomic E-state index is 0.0964. The molecule has 2 aliphatic rings. The third-order valence-corrected chi connectivity index (χ3v) is 4.31. The largest absolute Gasteiger partial charge is 0.755 e. The van der Waals surface area contributed by atoms with Gasteiger partial charge < -0.3 is 9.45 Å². The number of hydrogen-bond acceptors (Lipinski definition) is 6. The Morgan fingerprint density at radius 3 is 2.55 bits per heavy atom. The summed E-state index contributed by atoms with van der Waals surface area (Å²) in [6, 6.07) is 0. The van der Waals surface area contributed by atoms with Gasteiger partial charge in [0.15, 0.2) is 5.82 Å². The molecule has 1 saturated carbocycles. The molecular formula is C13H18N5O3S-. The Morgan fingerprint density at radius 1 is 1.27 bits per heavy atom. The van der Waals surface area contributed by atoms with E-state index in [4.69, 9.17) is 0 Å². The van der Waals surface area contributed by atoms with Crippen LogP contribution in [0.25, 0.3) is 0 Å². The lowest BCUT2D eigenvalue weighted by atomic mass is 10.2. The fourth-order valence-electron chi connectivity index (χ4n) is 2.54. The van der Waals surface area contributed by atoms with Crippen LogP contribution in [0.4, 0.5) is 5.82 Å². The van der Waals surface area contributed by atoms with E-state index in [9.17, 15) is 13.6 Å². The molecule has 8 nitrogen and oxygen atoms in total. The molecule has 1 aromatic heterocycles. The zero-order valence-electron chi connectivity index (χ0n) is 12.1. The van der Waals surface area contributed by atoms with Gasteiger partial charge in [0.1, 0.15) is 5.69 Å². The van der Waals surface area contributed by atoms with Crippen LogP contribution < -0.4 is 4.72 Å². The lowest BCUT2D eigenvalue weighted by Gasteiger charge is -2.34. The van der Waals surface area contributed by atoms with Gasteiger partial charge in [-0.15, -0.1) is 0 Å². The minimum atomic E-state index is -2.45. The van der Waals surface area contributed by atoms with E-state index in [1.54, 1.807) is 4.90 Å². The van der Waals surface area contributed by atoms with Crippen molar-refractivity contribution in [2.24, 2.45) is 5.92 Å². The van der Waals surface area contributed by atoms with Crippen LogP contribution in [0.2, 0.25) is 0 Å². The van der Waals surface area contributed by atoms with Crippen LogP contribution in [-0.2, 0) is 11.3 Å². The number of nitrogens with zero attached hydrogens (tertiary/aromatic N) is 4. The van der Waals surface area contributed by atoms with Gasteiger partial charge in [-0.3, -0.25) is 18.6 Å². The number of nitrogens with one attached hydrogen (secondary N) is 1. The standard InChI is InChI=1S/C13H19N5O3S/c19-13(11-7-15-12(8-14-11)16-22(20)21)18-5-3-17(4-6-18)9-10-1-2-10/h7-8,10H,1-6,9H2,(H,15,16)(H,20,21)/p-1. The average Bonchev–Trinajstić information content (AvgIpc) is 3.31. The Kier molecular flexibility index (Phi) is 4.65. The lowest BCUT2D eigenvalue weighted by Crippen LogP contribution is -2.49. The molecule has 0 spiro atoms. The van der Waals surface area contributed by atoms with Gasteiger partial charge in [-0.25, -0.2) is 9.97 Å². The highest BCUT2D eigenvalue weighted by molar-refractivity contribution is 7.80. The Labute approximate surface area is 131 Å².